The van der Waals surface area contributed by atoms with Gasteiger partial charge in [-0.05, 0) is 17.5 Å². The third-order valence-electron chi connectivity index (χ3n) is 2.11. The van der Waals surface area contributed by atoms with Crippen LogP contribution in [-0.4, -0.2) is 20.2 Å². The van der Waals surface area contributed by atoms with Crippen LogP contribution in [0, 0.1) is 0 Å². The number of fused-ring (bicyclic) bond motifs is 1. The first kappa shape index (κ1) is 9.98. The molecule has 0 aliphatic heterocycles. The summed E-state index contributed by atoms with van der Waals surface area (Å²) in [6, 6.07) is 7.53. The number of benzene rings is 1. The van der Waals surface area contributed by atoms with Gasteiger partial charge in [0, 0.05) is 0 Å². The first-order valence-corrected chi connectivity index (χ1v) is 5.22. The van der Waals surface area contributed by atoms with E-state index >= 15 is 0 Å². The molecule has 0 aliphatic carbocycles. The molecule has 0 atom stereocenters. The molecule has 0 saturated heterocycles. The summed E-state index contributed by atoms with van der Waals surface area (Å²) in [6.45, 7) is 0. The Morgan fingerprint density at radius 2 is 2.13 bits per heavy atom. The predicted molar refractivity (Wildman–Crippen MR) is 59.7 cm³/mol. The zero-order chi connectivity index (χ0) is 10.8. The molecular weight excluding hydrogens is 212 g/mol. The summed E-state index contributed by atoms with van der Waals surface area (Å²) in [5.41, 5.74) is 0. The smallest absolute Gasteiger partial charge is 0.348 e. The van der Waals surface area contributed by atoms with Crippen LogP contribution in [0.5, 0.6) is 5.75 Å². The van der Waals surface area contributed by atoms with Gasteiger partial charge in [-0.2, -0.15) is 0 Å². The molecule has 1 aromatic heterocycles. The fraction of sp³-hybridized carbons (Fsp3) is 0.182. The van der Waals surface area contributed by atoms with Gasteiger partial charge < -0.3 is 9.47 Å². The van der Waals surface area contributed by atoms with Crippen molar-refractivity contribution >= 4 is 27.4 Å². The Labute approximate surface area is 91.2 Å². The first-order valence-electron chi connectivity index (χ1n) is 4.41. The van der Waals surface area contributed by atoms with E-state index in [4.69, 9.17) is 4.74 Å². The highest BCUT2D eigenvalue weighted by atomic mass is 32.1. The highest BCUT2D eigenvalue weighted by molar-refractivity contribution is 7.21. The Morgan fingerprint density at radius 1 is 1.33 bits per heavy atom. The van der Waals surface area contributed by atoms with Gasteiger partial charge in [-0.25, -0.2) is 4.79 Å². The maximum absolute atomic E-state index is 11.3. The number of hydrogen-bond acceptors (Lipinski definition) is 4. The van der Waals surface area contributed by atoms with Crippen LogP contribution in [-0.2, 0) is 4.74 Å². The fourth-order valence-electron chi connectivity index (χ4n) is 1.40. The summed E-state index contributed by atoms with van der Waals surface area (Å²) >= 11 is 1.38. The largest absolute Gasteiger partial charge is 0.495 e. The number of esters is 1. The maximum Gasteiger partial charge on any atom is 0.348 e. The van der Waals surface area contributed by atoms with E-state index in [2.05, 4.69) is 4.74 Å². The van der Waals surface area contributed by atoms with E-state index in [0.29, 0.717) is 4.88 Å². The van der Waals surface area contributed by atoms with Gasteiger partial charge in [0.2, 0.25) is 0 Å². The molecule has 2 aromatic rings. The van der Waals surface area contributed by atoms with Crippen LogP contribution in [0.25, 0.3) is 10.1 Å². The van der Waals surface area contributed by atoms with E-state index < -0.39 is 0 Å². The Hall–Kier alpha value is -1.55. The van der Waals surface area contributed by atoms with Crippen LogP contribution in [0.2, 0.25) is 0 Å². The minimum Gasteiger partial charge on any atom is -0.495 e. The van der Waals surface area contributed by atoms with Crippen molar-refractivity contribution in [2.45, 2.75) is 0 Å². The molecule has 1 aromatic carbocycles. The van der Waals surface area contributed by atoms with E-state index in [0.717, 1.165) is 15.8 Å². The standard InChI is InChI=1S/C11H10O3S/c1-13-8-5-3-4-7-6-9(11(12)14-2)15-10(7)8/h3-6H,1-2H3. The van der Waals surface area contributed by atoms with Crippen molar-refractivity contribution in [3.8, 4) is 5.75 Å². The van der Waals surface area contributed by atoms with Gasteiger partial charge in [-0.15, -0.1) is 11.3 Å². The van der Waals surface area contributed by atoms with Crippen molar-refractivity contribution < 1.29 is 14.3 Å². The average molecular weight is 222 g/mol. The molecule has 0 spiro atoms. The molecule has 2 rings (SSSR count). The first-order chi connectivity index (χ1) is 7.26. The quantitative estimate of drug-likeness (QED) is 0.733. The number of methoxy groups -OCH3 is 2. The zero-order valence-corrected chi connectivity index (χ0v) is 9.26. The third-order valence-corrected chi connectivity index (χ3v) is 3.26. The number of carbonyl (C=O) groups excluding carboxylic acids is 1. The van der Waals surface area contributed by atoms with E-state index in [1.165, 1.54) is 18.4 Å². The fourth-order valence-corrected chi connectivity index (χ4v) is 2.47. The maximum atomic E-state index is 11.3. The SMILES string of the molecule is COC(=O)c1cc2cccc(OC)c2s1. The number of hydrogen-bond donors (Lipinski definition) is 0. The number of thiophene rings is 1. The Morgan fingerprint density at radius 3 is 2.80 bits per heavy atom. The molecule has 4 heteroatoms. The summed E-state index contributed by atoms with van der Waals surface area (Å²) in [7, 11) is 3.00. The average Bonchev–Trinajstić information content (AvgIpc) is 2.71. The van der Waals surface area contributed by atoms with Crippen LogP contribution >= 0.6 is 11.3 Å². The molecule has 78 valence electrons. The Balaban J connectivity index is 2.60. The second-order valence-corrected chi connectivity index (χ2v) is 4.03. The molecule has 0 fully saturated rings. The van der Waals surface area contributed by atoms with Crippen LogP contribution < -0.4 is 4.74 Å². The number of ether oxygens (including phenoxy) is 2. The van der Waals surface area contributed by atoms with Crippen LogP contribution in [0.4, 0.5) is 0 Å². The lowest BCUT2D eigenvalue weighted by Crippen LogP contribution is -1.96. The van der Waals surface area contributed by atoms with Gasteiger partial charge in [0.1, 0.15) is 10.6 Å². The van der Waals surface area contributed by atoms with Gasteiger partial charge in [0.25, 0.3) is 0 Å². The molecule has 1 heterocycles. The van der Waals surface area contributed by atoms with E-state index in [1.807, 2.05) is 24.3 Å². The van der Waals surface area contributed by atoms with Crippen LogP contribution in [0.1, 0.15) is 9.67 Å². The third kappa shape index (κ3) is 1.68. The molecule has 0 aliphatic rings. The molecule has 0 saturated carbocycles. The van der Waals surface area contributed by atoms with Crippen molar-refractivity contribution in [3.05, 3.63) is 29.1 Å². The molecule has 15 heavy (non-hydrogen) atoms. The van der Waals surface area contributed by atoms with Crippen molar-refractivity contribution in [2.24, 2.45) is 0 Å². The van der Waals surface area contributed by atoms with Crippen molar-refractivity contribution in [3.63, 3.8) is 0 Å². The topological polar surface area (TPSA) is 35.5 Å². The summed E-state index contributed by atoms with van der Waals surface area (Å²) in [4.78, 5) is 11.9. The van der Waals surface area contributed by atoms with Crippen molar-refractivity contribution in [1.82, 2.24) is 0 Å². The minimum absolute atomic E-state index is 0.307. The summed E-state index contributed by atoms with van der Waals surface area (Å²) in [5, 5.41) is 1.000. The van der Waals surface area contributed by atoms with E-state index in [9.17, 15) is 4.79 Å². The van der Waals surface area contributed by atoms with E-state index in [-0.39, 0.29) is 5.97 Å². The Kier molecular flexibility index (Phi) is 2.60. The second kappa shape index (κ2) is 3.90. The second-order valence-electron chi connectivity index (χ2n) is 2.98. The minimum atomic E-state index is -0.307. The van der Waals surface area contributed by atoms with Crippen LogP contribution in [0.3, 0.4) is 0 Å². The number of rotatable bonds is 2. The highest BCUT2D eigenvalue weighted by Gasteiger charge is 2.12. The van der Waals surface area contributed by atoms with E-state index in [1.54, 1.807) is 7.11 Å². The lowest BCUT2D eigenvalue weighted by atomic mass is 10.2. The van der Waals surface area contributed by atoms with Crippen LogP contribution in [0.15, 0.2) is 24.3 Å². The summed E-state index contributed by atoms with van der Waals surface area (Å²) < 4.78 is 10.9. The Bertz CT molecular complexity index is 502. The molecule has 0 radical (unpaired) electrons. The monoisotopic (exact) mass is 222 g/mol. The lowest BCUT2D eigenvalue weighted by Gasteiger charge is -1.98. The van der Waals surface area contributed by atoms with Gasteiger partial charge in [0.05, 0.1) is 18.9 Å². The van der Waals surface area contributed by atoms with Gasteiger partial charge >= 0.3 is 5.97 Å². The van der Waals surface area contributed by atoms with Gasteiger partial charge in [-0.3, -0.25) is 0 Å². The molecule has 0 bridgehead atoms. The van der Waals surface area contributed by atoms with Gasteiger partial charge in [0.15, 0.2) is 0 Å². The van der Waals surface area contributed by atoms with Crippen molar-refractivity contribution in [2.75, 3.05) is 14.2 Å². The lowest BCUT2D eigenvalue weighted by molar-refractivity contribution is 0.0606. The summed E-state index contributed by atoms with van der Waals surface area (Å²) in [6.07, 6.45) is 0. The molecule has 3 nitrogen and oxygen atoms in total. The molecular formula is C11H10O3S. The normalized spacial score (nSPS) is 10.3. The van der Waals surface area contributed by atoms with Gasteiger partial charge in [-0.1, -0.05) is 12.1 Å². The number of carbonyl (C=O) groups is 1. The highest BCUT2D eigenvalue weighted by Crippen LogP contribution is 2.33. The molecule has 0 amide bonds. The zero-order valence-electron chi connectivity index (χ0n) is 8.44. The molecule has 0 N–H and O–H groups in total. The van der Waals surface area contributed by atoms with Crippen molar-refractivity contribution in [1.29, 1.82) is 0 Å². The summed E-state index contributed by atoms with van der Waals surface area (Å²) in [5.74, 6) is 0.478. The molecule has 0 unspecified atom stereocenters. The predicted octanol–water partition coefficient (Wildman–Crippen LogP) is 2.70.